The quantitative estimate of drug-likeness (QED) is 0.253. The van der Waals surface area contributed by atoms with Crippen LogP contribution < -0.4 is 21.9 Å². The van der Waals surface area contributed by atoms with Gasteiger partial charge in [0.15, 0.2) is 23.8 Å². The molecule has 1 amide bonds. The maximum Gasteiger partial charge on any atom is 0.473 e. The van der Waals surface area contributed by atoms with Gasteiger partial charge in [0.25, 0.3) is 5.91 Å². The van der Waals surface area contributed by atoms with E-state index in [0.29, 0.717) is 18.6 Å². The lowest BCUT2D eigenvalue weighted by atomic mass is 10.1. The smallest absolute Gasteiger partial charge is 0.473 e. The van der Waals surface area contributed by atoms with Gasteiger partial charge in [-0.2, -0.15) is 9.97 Å². The van der Waals surface area contributed by atoms with Gasteiger partial charge in [0.2, 0.25) is 5.95 Å². The van der Waals surface area contributed by atoms with Gasteiger partial charge < -0.3 is 25.4 Å². The largest absolute Gasteiger partial charge is 0.497 e. The van der Waals surface area contributed by atoms with E-state index in [1.807, 2.05) is 6.08 Å². The van der Waals surface area contributed by atoms with Crippen LogP contribution in [0.5, 0.6) is 0 Å². The molecule has 2 aromatic heterocycles. The molecule has 1 unspecified atom stereocenters. The highest BCUT2D eigenvalue weighted by atomic mass is 31.2. The number of nitrogens with one attached hydrogen (secondary N) is 3. The summed E-state index contributed by atoms with van der Waals surface area (Å²) in [6.07, 6.45) is 2.52. The number of amides is 1. The summed E-state index contributed by atoms with van der Waals surface area (Å²) >= 11 is 0. The van der Waals surface area contributed by atoms with Gasteiger partial charge in [0, 0.05) is 6.54 Å². The van der Waals surface area contributed by atoms with Crippen molar-refractivity contribution in [2.45, 2.75) is 50.4 Å². The molecular weight excluding hydrogens is 471 g/mol. The number of fused-ring (bicyclic) bond motifs is 2. The van der Waals surface area contributed by atoms with Crippen molar-refractivity contribution in [2.24, 2.45) is 0 Å². The summed E-state index contributed by atoms with van der Waals surface area (Å²) in [5, 5.41) is 2.62. The van der Waals surface area contributed by atoms with Crippen molar-refractivity contribution < 1.29 is 32.8 Å². The second-order valence-electron chi connectivity index (χ2n) is 7.92. The number of nitrogens with zero attached hydrogens (tertiary/aromatic N) is 4. The van der Waals surface area contributed by atoms with Gasteiger partial charge in [-0.05, 0) is 25.8 Å². The Morgan fingerprint density at radius 2 is 2.18 bits per heavy atom. The number of phosphoric ester groups is 1. The van der Waals surface area contributed by atoms with Crippen molar-refractivity contribution in [2.75, 3.05) is 24.2 Å². The van der Waals surface area contributed by atoms with E-state index in [4.69, 9.17) is 24.3 Å². The Morgan fingerprint density at radius 3 is 2.94 bits per heavy atom. The molecule has 184 valence electrons. The minimum Gasteiger partial charge on any atom is -0.497 e. The fourth-order valence-electron chi connectivity index (χ4n) is 4.07. The lowest BCUT2D eigenvalue weighted by Crippen LogP contribution is -2.41. The Hall–Kier alpha value is -2.81. The SMILES string of the molecule is CCNC(=O)[C@H]1O[C@@H](n2cnc3c(N)nc(NNC[C@@H]4CCC=CO4)nc32)[C@@H]2OP(=O)(O)O[C@@H]21. The third-order valence-electron chi connectivity index (χ3n) is 5.58. The number of phosphoric acid groups is 1. The predicted octanol–water partition coefficient (Wildman–Crippen LogP) is -0.0644. The minimum atomic E-state index is -4.35. The number of likely N-dealkylation sites (N-methyl/N-ethyl adjacent to an activating group) is 1. The lowest BCUT2D eigenvalue weighted by molar-refractivity contribution is -0.137. The highest BCUT2D eigenvalue weighted by molar-refractivity contribution is 7.47. The van der Waals surface area contributed by atoms with Gasteiger partial charge in [-0.3, -0.25) is 23.8 Å². The molecule has 0 spiro atoms. The third-order valence-corrected chi connectivity index (χ3v) is 6.60. The Labute approximate surface area is 193 Å². The number of imidazole rings is 1. The molecule has 16 heteroatoms. The molecule has 6 N–H and O–H groups in total. The van der Waals surface area contributed by atoms with Crippen molar-refractivity contribution in [1.29, 1.82) is 0 Å². The van der Waals surface area contributed by atoms with Crippen molar-refractivity contribution in [3.8, 4) is 0 Å². The zero-order valence-corrected chi connectivity index (χ0v) is 19.1. The number of hydrogen-bond acceptors (Lipinski definition) is 12. The van der Waals surface area contributed by atoms with Gasteiger partial charge in [-0.25, -0.2) is 15.0 Å². The maximum atomic E-state index is 12.5. The average molecular weight is 496 g/mol. The molecule has 15 nitrogen and oxygen atoms in total. The first-order chi connectivity index (χ1) is 16.4. The summed E-state index contributed by atoms with van der Waals surface area (Å²) in [5.41, 5.74) is 12.5. The number of rotatable bonds is 7. The molecule has 0 bridgehead atoms. The van der Waals surface area contributed by atoms with E-state index in [0.717, 1.165) is 12.8 Å². The number of carbonyl (C=O) groups excluding carboxylic acids is 1. The Balaban J connectivity index is 1.39. The van der Waals surface area contributed by atoms with Crippen LogP contribution in [0, 0.1) is 0 Å². The van der Waals surface area contributed by atoms with Gasteiger partial charge in [0.05, 0.1) is 19.1 Å². The highest BCUT2D eigenvalue weighted by Crippen LogP contribution is 2.58. The van der Waals surface area contributed by atoms with Crippen molar-refractivity contribution in [1.82, 2.24) is 30.3 Å². The van der Waals surface area contributed by atoms with Crippen LogP contribution in [0.1, 0.15) is 26.0 Å². The molecule has 34 heavy (non-hydrogen) atoms. The highest BCUT2D eigenvalue weighted by Gasteiger charge is 2.60. The van der Waals surface area contributed by atoms with E-state index in [2.05, 4.69) is 31.1 Å². The normalized spacial score (nSPS) is 32.5. The van der Waals surface area contributed by atoms with E-state index in [-0.39, 0.29) is 23.5 Å². The number of anilines is 2. The Kier molecular flexibility index (Phi) is 6.14. The second kappa shape index (κ2) is 9.09. The van der Waals surface area contributed by atoms with Gasteiger partial charge in [-0.15, -0.1) is 0 Å². The summed E-state index contributed by atoms with van der Waals surface area (Å²) in [6, 6.07) is 0. The molecule has 0 radical (unpaired) electrons. The first-order valence-corrected chi connectivity index (χ1v) is 12.3. The number of nitrogen functional groups attached to an aromatic ring is 1. The van der Waals surface area contributed by atoms with Crippen LogP contribution >= 0.6 is 7.82 Å². The van der Waals surface area contributed by atoms with Crippen LogP contribution in [-0.4, -0.2) is 67.8 Å². The summed E-state index contributed by atoms with van der Waals surface area (Å²) in [7, 11) is -4.35. The minimum absolute atomic E-state index is 0.00724. The molecule has 2 aromatic rings. The molecule has 0 aromatic carbocycles. The molecule has 2 saturated heterocycles. The topological polar surface area (TPSA) is 197 Å². The molecule has 5 heterocycles. The summed E-state index contributed by atoms with van der Waals surface area (Å²) in [4.78, 5) is 35.3. The van der Waals surface area contributed by atoms with Crippen molar-refractivity contribution in [3.05, 3.63) is 18.7 Å². The molecule has 0 saturated carbocycles. The first kappa shape index (κ1) is 23.0. The van der Waals surface area contributed by atoms with E-state index in [9.17, 15) is 14.3 Å². The Morgan fingerprint density at radius 1 is 1.35 bits per heavy atom. The van der Waals surface area contributed by atoms with E-state index in [1.165, 1.54) is 10.9 Å². The summed E-state index contributed by atoms with van der Waals surface area (Å²) in [6.45, 7) is 2.60. The average Bonchev–Trinajstić information content (AvgIpc) is 3.45. The van der Waals surface area contributed by atoms with Gasteiger partial charge in [0.1, 0.15) is 23.8 Å². The monoisotopic (exact) mass is 496 g/mol. The van der Waals surface area contributed by atoms with Crippen LogP contribution in [0.4, 0.5) is 11.8 Å². The molecule has 3 aliphatic heterocycles. The number of nitrogens with two attached hydrogens (primary N) is 1. The molecular formula is C18H25N8O7P. The predicted molar refractivity (Wildman–Crippen MR) is 117 cm³/mol. The summed E-state index contributed by atoms with van der Waals surface area (Å²) in [5.74, 6) is -0.212. The van der Waals surface area contributed by atoms with Crippen LogP contribution in [0.2, 0.25) is 0 Å². The molecule has 6 atom stereocenters. The lowest BCUT2D eigenvalue weighted by Gasteiger charge is -2.20. The van der Waals surface area contributed by atoms with E-state index >= 15 is 0 Å². The zero-order valence-electron chi connectivity index (χ0n) is 18.2. The van der Waals surface area contributed by atoms with Crippen LogP contribution in [0.3, 0.4) is 0 Å². The Bertz CT molecular complexity index is 1160. The summed E-state index contributed by atoms with van der Waals surface area (Å²) < 4.78 is 35.3. The fraction of sp³-hybridized carbons (Fsp3) is 0.556. The molecule has 0 aliphatic carbocycles. The molecule has 3 aliphatic rings. The zero-order chi connectivity index (χ0) is 23.9. The number of allylic oxidation sites excluding steroid dienone is 1. The second-order valence-corrected chi connectivity index (χ2v) is 9.28. The van der Waals surface area contributed by atoms with E-state index in [1.54, 1.807) is 13.2 Å². The van der Waals surface area contributed by atoms with Crippen LogP contribution in [0.25, 0.3) is 11.2 Å². The van der Waals surface area contributed by atoms with Gasteiger partial charge >= 0.3 is 7.82 Å². The van der Waals surface area contributed by atoms with Crippen molar-refractivity contribution in [3.63, 3.8) is 0 Å². The maximum absolute atomic E-state index is 12.5. The van der Waals surface area contributed by atoms with E-state index < -0.39 is 38.3 Å². The standard InChI is InChI=1S/C18H25N8O7P/c1-2-20-16(27)12-11-13(33-34(28,29)32-11)17(31-12)26-8-21-10-14(19)23-18(24-15(10)26)25-22-7-9-5-3-4-6-30-9/h4,6,8-9,11-13,17,22H,2-3,5,7H2,1H3,(H,20,27)(H,28,29)(H3,19,23,24,25)/t9-,11+,12-,13+,17+/m0/s1. The number of aromatic nitrogens is 4. The number of hydrogen-bond donors (Lipinski definition) is 5. The number of hydrazine groups is 1. The first-order valence-electron chi connectivity index (χ1n) is 10.8. The van der Waals surface area contributed by atoms with Crippen LogP contribution in [-0.2, 0) is 27.9 Å². The third kappa shape index (κ3) is 4.33. The number of carbonyl (C=O) groups is 1. The van der Waals surface area contributed by atoms with Crippen LogP contribution in [0.15, 0.2) is 18.7 Å². The fourth-order valence-corrected chi connectivity index (χ4v) is 5.19. The molecule has 2 fully saturated rings. The van der Waals surface area contributed by atoms with Crippen molar-refractivity contribution >= 4 is 36.7 Å². The number of ether oxygens (including phenoxy) is 2. The molecule has 5 rings (SSSR count). The van der Waals surface area contributed by atoms with Gasteiger partial charge in [-0.1, -0.05) is 0 Å².